The van der Waals surface area contributed by atoms with E-state index in [0.717, 1.165) is 21.9 Å². The number of halogens is 3. The lowest BCUT2D eigenvalue weighted by atomic mass is 10.2. The second-order valence-corrected chi connectivity index (χ2v) is 8.96. The van der Waals surface area contributed by atoms with Crippen LogP contribution in [-0.4, -0.2) is 25.8 Å². The normalized spacial score (nSPS) is 14.9. The standard InChI is InChI=1S/C19H18F3N3S2/c1-3-26-16-8-12(11-4-5-11)10-23-17(16)18-24-14-9-13(27-19(20,21)22)6-7-15(14)25(18)2/h6-11H,3-5H2,1-2H3. The Balaban J connectivity index is 1.78. The summed E-state index contributed by atoms with van der Waals surface area (Å²) in [6, 6.07) is 6.85. The van der Waals surface area contributed by atoms with Crippen molar-refractivity contribution < 1.29 is 13.2 Å². The van der Waals surface area contributed by atoms with Gasteiger partial charge in [0.05, 0.1) is 11.0 Å². The van der Waals surface area contributed by atoms with Crippen LogP contribution in [0, 0.1) is 0 Å². The van der Waals surface area contributed by atoms with Crippen molar-refractivity contribution in [2.24, 2.45) is 7.05 Å². The Bertz CT molecular complexity index is 994. The van der Waals surface area contributed by atoms with E-state index in [0.29, 0.717) is 17.3 Å². The van der Waals surface area contributed by atoms with E-state index in [1.54, 1.807) is 17.8 Å². The number of hydrogen-bond acceptors (Lipinski definition) is 4. The van der Waals surface area contributed by atoms with Gasteiger partial charge < -0.3 is 4.57 Å². The minimum Gasteiger partial charge on any atom is -0.326 e. The molecule has 0 unspecified atom stereocenters. The smallest absolute Gasteiger partial charge is 0.326 e. The van der Waals surface area contributed by atoms with Crippen LogP contribution in [0.15, 0.2) is 40.3 Å². The Morgan fingerprint density at radius 2 is 2.00 bits per heavy atom. The zero-order valence-corrected chi connectivity index (χ0v) is 16.5. The molecule has 1 aliphatic carbocycles. The molecule has 0 bridgehead atoms. The van der Waals surface area contributed by atoms with Crippen LogP contribution in [0.25, 0.3) is 22.6 Å². The number of hydrogen-bond donors (Lipinski definition) is 0. The van der Waals surface area contributed by atoms with Crippen LogP contribution < -0.4 is 0 Å². The van der Waals surface area contributed by atoms with Gasteiger partial charge in [-0.05, 0) is 66.1 Å². The summed E-state index contributed by atoms with van der Waals surface area (Å²) in [6.07, 6.45) is 4.34. The average molecular weight is 410 g/mol. The molecule has 4 rings (SSSR count). The molecule has 0 radical (unpaired) electrons. The highest BCUT2D eigenvalue weighted by molar-refractivity contribution is 8.00. The van der Waals surface area contributed by atoms with Gasteiger partial charge in [0, 0.05) is 23.0 Å². The number of fused-ring (bicyclic) bond motifs is 1. The van der Waals surface area contributed by atoms with Crippen LogP contribution in [0.5, 0.6) is 0 Å². The molecule has 0 spiro atoms. The van der Waals surface area contributed by atoms with E-state index in [-0.39, 0.29) is 16.7 Å². The topological polar surface area (TPSA) is 30.7 Å². The van der Waals surface area contributed by atoms with Gasteiger partial charge in [-0.2, -0.15) is 13.2 Å². The molecule has 2 aromatic heterocycles. The van der Waals surface area contributed by atoms with Crippen LogP contribution in [0.2, 0.25) is 0 Å². The SMILES string of the molecule is CCSc1cc(C2CC2)cnc1-c1nc2cc(SC(F)(F)F)ccc2n1C. The van der Waals surface area contributed by atoms with Crippen molar-refractivity contribution in [2.75, 3.05) is 5.75 Å². The Hall–Kier alpha value is -1.67. The van der Waals surface area contributed by atoms with Crippen LogP contribution in [0.4, 0.5) is 13.2 Å². The third-order valence-electron chi connectivity index (χ3n) is 4.52. The maximum atomic E-state index is 12.7. The van der Waals surface area contributed by atoms with Crippen molar-refractivity contribution >= 4 is 34.6 Å². The van der Waals surface area contributed by atoms with Gasteiger partial charge in [-0.15, -0.1) is 11.8 Å². The number of pyridine rings is 1. The zero-order valence-electron chi connectivity index (χ0n) is 14.9. The highest BCUT2D eigenvalue weighted by Gasteiger charge is 2.30. The average Bonchev–Trinajstić information content (AvgIpc) is 3.39. The third-order valence-corrected chi connectivity index (χ3v) is 6.15. The molecule has 1 fully saturated rings. The monoisotopic (exact) mass is 409 g/mol. The molecule has 3 aromatic rings. The number of rotatable bonds is 5. The highest BCUT2D eigenvalue weighted by Crippen LogP contribution is 2.43. The molecule has 142 valence electrons. The van der Waals surface area contributed by atoms with Gasteiger partial charge in [0.25, 0.3) is 0 Å². The summed E-state index contributed by atoms with van der Waals surface area (Å²) in [7, 11) is 1.87. The molecule has 1 saturated carbocycles. The summed E-state index contributed by atoms with van der Waals surface area (Å²) in [5, 5.41) is 0. The predicted octanol–water partition coefficient (Wildman–Crippen LogP) is 6.24. The predicted molar refractivity (Wildman–Crippen MR) is 104 cm³/mol. The summed E-state index contributed by atoms with van der Waals surface area (Å²) in [5.74, 6) is 2.21. The number of alkyl halides is 3. The van der Waals surface area contributed by atoms with E-state index >= 15 is 0 Å². The lowest BCUT2D eigenvalue weighted by Crippen LogP contribution is -1.99. The zero-order chi connectivity index (χ0) is 19.2. The number of aromatic nitrogens is 3. The number of aryl methyl sites for hydroxylation is 1. The van der Waals surface area contributed by atoms with Crippen LogP contribution in [-0.2, 0) is 7.05 Å². The van der Waals surface area contributed by atoms with Gasteiger partial charge in [0.1, 0.15) is 5.69 Å². The molecule has 3 nitrogen and oxygen atoms in total. The summed E-state index contributed by atoms with van der Waals surface area (Å²) >= 11 is 1.60. The molecule has 2 heterocycles. The number of nitrogens with zero attached hydrogens (tertiary/aromatic N) is 3. The van der Waals surface area contributed by atoms with E-state index < -0.39 is 5.51 Å². The van der Waals surface area contributed by atoms with Crippen molar-refractivity contribution in [1.29, 1.82) is 0 Å². The van der Waals surface area contributed by atoms with Crippen LogP contribution in [0.3, 0.4) is 0 Å². The Kier molecular flexibility index (Phi) is 4.88. The first-order valence-electron chi connectivity index (χ1n) is 8.71. The summed E-state index contributed by atoms with van der Waals surface area (Å²) in [4.78, 5) is 10.5. The molecule has 0 aliphatic heterocycles. The minimum absolute atomic E-state index is 0.119. The van der Waals surface area contributed by atoms with E-state index in [2.05, 4.69) is 23.0 Å². The Labute approximate surface area is 163 Å². The fourth-order valence-electron chi connectivity index (χ4n) is 3.12. The molecule has 1 aliphatic rings. The first-order valence-corrected chi connectivity index (χ1v) is 10.5. The van der Waals surface area contributed by atoms with E-state index in [9.17, 15) is 13.2 Å². The van der Waals surface area contributed by atoms with Crippen molar-refractivity contribution in [3.63, 3.8) is 0 Å². The molecule has 0 atom stereocenters. The van der Waals surface area contributed by atoms with E-state index in [1.165, 1.54) is 30.5 Å². The first kappa shape index (κ1) is 18.7. The van der Waals surface area contributed by atoms with Crippen LogP contribution in [0.1, 0.15) is 31.2 Å². The molecule has 8 heteroatoms. The lowest BCUT2D eigenvalue weighted by Gasteiger charge is -2.10. The lowest BCUT2D eigenvalue weighted by molar-refractivity contribution is -0.0328. The molecular weight excluding hydrogens is 391 g/mol. The van der Waals surface area contributed by atoms with Crippen LogP contribution >= 0.6 is 23.5 Å². The summed E-state index contributed by atoms with van der Waals surface area (Å²) < 4.78 is 39.9. The Morgan fingerprint density at radius 3 is 2.67 bits per heavy atom. The van der Waals surface area contributed by atoms with Crippen molar-refractivity contribution in [3.05, 3.63) is 36.0 Å². The number of imidazole rings is 1. The fourth-order valence-corrected chi connectivity index (χ4v) is 4.51. The van der Waals surface area contributed by atoms with E-state index in [4.69, 9.17) is 0 Å². The van der Waals surface area contributed by atoms with E-state index in [1.807, 2.05) is 17.8 Å². The van der Waals surface area contributed by atoms with Gasteiger partial charge in [-0.3, -0.25) is 4.98 Å². The third kappa shape index (κ3) is 3.96. The summed E-state index contributed by atoms with van der Waals surface area (Å²) in [6.45, 7) is 2.09. The second kappa shape index (κ2) is 7.05. The Morgan fingerprint density at radius 1 is 1.22 bits per heavy atom. The van der Waals surface area contributed by atoms with Crippen molar-refractivity contribution in [2.45, 2.75) is 41.0 Å². The highest BCUT2D eigenvalue weighted by atomic mass is 32.2. The van der Waals surface area contributed by atoms with Crippen molar-refractivity contribution in [1.82, 2.24) is 14.5 Å². The number of benzene rings is 1. The quantitative estimate of drug-likeness (QED) is 0.467. The number of thioether (sulfide) groups is 2. The van der Waals surface area contributed by atoms with Gasteiger partial charge in [0.15, 0.2) is 5.82 Å². The largest absolute Gasteiger partial charge is 0.446 e. The molecular formula is C19H18F3N3S2. The van der Waals surface area contributed by atoms with Gasteiger partial charge in [-0.25, -0.2) is 4.98 Å². The van der Waals surface area contributed by atoms with Crippen molar-refractivity contribution in [3.8, 4) is 11.5 Å². The maximum Gasteiger partial charge on any atom is 0.446 e. The molecule has 0 amide bonds. The molecule has 27 heavy (non-hydrogen) atoms. The van der Waals surface area contributed by atoms with Gasteiger partial charge in [0.2, 0.25) is 0 Å². The molecule has 0 N–H and O–H groups in total. The van der Waals surface area contributed by atoms with Gasteiger partial charge >= 0.3 is 5.51 Å². The molecule has 1 aromatic carbocycles. The maximum absolute atomic E-state index is 12.7. The molecule has 0 saturated heterocycles. The minimum atomic E-state index is -4.31. The second-order valence-electron chi connectivity index (χ2n) is 6.52. The summed E-state index contributed by atoms with van der Waals surface area (Å²) in [5.41, 5.74) is -0.928. The first-order chi connectivity index (χ1) is 12.9. The van der Waals surface area contributed by atoms with Gasteiger partial charge in [-0.1, -0.05) is 6.92 Å². The fraction of sp³-hybridized carbons (Fsp3) is 0.368.